The Balaban J connectivity index is 2.38. The first-order chi connectivity index (χ1) is 9.17. The van der Waals surface area contributed by atoms with Crippen molar-refractivity contribution in [2.75, 3.05) is 7.05 Å². The summed E-state index contributed by atoms with van der Waals surface area (Å²) >= 11 is 6.21. The van der Waals surface area contributed by atoms with Crippen LogP contribution < -0.4 is 5.32 Å². The molecule has 1 aromatic carbocycles. The second-order valence-electron chi connectivity index (χ2n) is 4.61. The molecule has 0 aliphatic heterocycles. The average molecular weight is 279 g/mol. The third-order valence-electron chi connectivity index (χ3n) is 3.20. The Morgan fingerprint density at radius 1 is 1.42 bits per heavy atom. The molecule has 0 fully saturated rings. The molecule has 0 bridgehead atoms. The molecule has 0 aliphatic rings. The third kappa shape index (κ3) is 2.96. The van der Waals surface area contributed by atoms with Crippen LogP contribution in [0.2, 0.25) is 5.02 Å². The lowest BCUT2D eigenvalue weighted by Gasteiger charge is -2.18. The summed E-state index contributed by atoms with van der Waals surface area (Å²) in [4.78, 5) is 0. The van der Waals surface area contributed by atoms with E-state index in [1.54, 1.807) is 0 Å². The van der Waals surface area contributed by atoms with E-state index in [0.717, 1.165) is 34.8 Å². The number of nitrogens with zero attached hydrogens (tertiary/aromatic N) is 3. The maximum atomic E-state index is 6.21. The zero-order chi connectivity index (χ0) is 13.8. The van der Waals surface area contributed by atoms with E-state index >= 15 is 0 Å². The van der Waals surface area contributed by atoms with Crippen molar-refractivity contribution >= 4 is 11.6 Å². The number of halogens is 1. The Morgan fingerprint density at radius 3 is 2.84 bits per heavy atom. The van der Waals surface area contributed by atoms with Gasteiger partial charge in [0.25, 0.3) is 0 Å². The number of rotatable bonds is 5. The van der Waals surface area contributed by atoms with Gasteiger partial charge in [0.05, 0.1) is 17.9 Å². The van der Waals surface area contributed by atoms with Crippen LogP contribution in [-0.4, -0.2) is 22.0 Å². The minimum absolute atomic E-state index is 0.0552. The number of aryl methyl sites for hydroxylation is 2. The van der Waals surface area contributed by atoms with Gasteiger partial charge in [0.15, 0.2) is 0 Å². The molecule has 2 rings (SSSR count). The van der Waals surface area contributed by atoms with Crippen LogP contribution in [-0.2, 0) is 6.54 Å². The molecule has 1 N–H and O–H groups in total. The molecule has 0 aliphatic carbocycles. The lowest BCUT2D eigenvalue weighted by molar-refractivity contribution is 0.523. The van der Waals surface area contributed by atoms with Crippen molar-refractivity contribution in [3.05, 3.63) is 46.2 Å². The third-order valence-corrected chi connectivity index (χ3v) is 3.60. The molecule has 4 nitrogen and oxygen atoms in total. The molecule has 1 heterocycles. The molecule has 0 saturated carbocycles. The van der Waals surface area contributed by atoms with Crippen molar-refractivity contribution in [1.29, 1.82) is 0 Å². The van der Waals surface area contributed by atoms with E-state index in [0.29, 0.717) is 0 Å². The van der Waals surface area contributed by atoms with Gasteiger partial charge in [0.1, 0.15) is 0 Å². The van der Waals surface area contributed by atoms with Crippen molar-refractivity contribution in [2.24, 2.45) is 0 Å². The number of hydrogen-bond acceptors (Lipinski definition) is 3. The van der Waals surface area contributed by atoms with Gasteiger partial charge in [0.2, 0.25) is 0 Å². The topological polar surface area (TPSA) is 42.7 Å². The first-order valence-electron chi connectivity index (χ1n) is 6.49. The van der Waals surface area contributed by atoms with E-state index in [-0.39, 0.29) is 6.04 Å². The number of aromatic nitrogens is 3. The molecule has 0 radical (unpaired) electrons. The molecule has 0 spiro atoms. The lowest BCUT2D eigenvalue weighted by Crippen LogP contribution is -2.21. The Kier molecular flexibility index (Phi) is 4.56. The van der Waals surface area contributed by atoms with E-state index in [2.05, 4.69) is 28.6 Å². The molecule has 5 heteroatoms. The predicted molar refractivity (Wildman–Crippen MR) is 77.4 cm³/mol. The highest BCUT2D eigenvalue weighted by molar-refractivity contribution is 6.31. The fourth-order valence-corrected chi connectivity index (χ4v) is 2.34. The molecule has 0 amide bonds. The maximum Gasteiger partial charge on any atom is 0.0801 e. The van der Waals surface area contributed by atoms with Crippen molar-refractivity contribution in [1.82, 2.24) is 20.3 Å². The van der Waals surface area contributed by atoms with Gasteiger partial charge in [-0.1, -0.05) is 35.9 Å². The zero-order valence-electron chi connectivity index (χ0n) is 11.5. The standard InChI is InChI=1S/C14H19ClN4/c1-4-7-19-13(9-17-18-19)14(16-3)11-6-5-10(2)12(15)8-11/h5-6,8-9,14,16H,4,7H2,1-3H3. The van der Waals surface area contributed by atoms with Gasteiger partial charge in [-0.3, -0.25) is 0 Å². The molecule has 19 heavy (non-hydrogen) atoms. The van der Waals surface area contributed by atoms with Gasteiger partial charge in [-0.15, -0.1) is 5.10 Å². The van der Waals surface area contributed by atoms with Crippen LogP contribution in [0.4, 0.5) is 0 Å². The Bertz CT molecular complexity index is 550. The van der Waals surface area contributed by atoms with Gasteiger partial charge in [-0.25, -0.2) is 4.68 Å². The lowest BCUT2D eigenvalue weighted by atomic mass is 10.0. The van der Waals surface area contributed by atoms with Crippen molar-refractivity contribution in [3.63, 3.8) is 0 Å². The quantitative estimate of drug-likeness (QED) is 0.914. The molecule has 2 aromatic rings. The number of hydrogen-bond donors (Lipinski definition) is 1. The second-order valence-corrected chi connectivity index (χ2v) is 5.02. The SMILES string of the molecule is CCCn1nncc1C(NC)c1ccc(C)c(Cl)c1. The molecular formula is C14H19ClN4. The fourth-order valence-electron chi connectivity index (χ4n) is 2.15. The summed E-state index contributed by atoms with van der Waals surface area (Å²) in [6.45, 7) is 5.00. The molecule has 1 unspecified atom stereocenters. The summed E-state index contributed by atoms with van der Waals surface area (Å²) in [5.41, 5.74) is 3.27. The normalized spacial score (nSPS) is 12.6. The highest BCUT2D eigenvalue weighted by Crippen LogP contribution is 2.25. The first kappa shape index (κ1) is 14.0. The second kappa shape index (κ2) is 6.17. The van der Waals surface area contributed by atoms with E-state index in [1.165, 1.54) is 0 Å². The zero-order valence-corrected chi connectivity index (χ0v) is 12.3. The number of benzene rings is 1. The van der Waals surface area contributed by atoms with E-state index in [4.69, 9.17) is 11.6 Å². The van der Waals surface area contributed by atoms with Crippen LogP contribution in [0.15, 0.2) is 24.4 Å². The smallest absolute Gasteiger partial charge is 0.0801 e. The average Bonchev–Trinajstić information content (AvgIpc) is 2.83. The Morgan fingerprint density at radius 2 is 2.21 bits per heavy atom. The van der Waals surface area contributed by atoms with Gasteiger partial charge >= 0.3 is 0 Å². The summed E-state index contributed by atoms with van der Waals surface area (Å²) < 4.78 is 1.94. The molecule has 102 valence electrons. The maximum absolute atomic E-state index is 6.21. The monoisotopic (exact) mass is 278 g/mol. The number of nitrogens with one attached hydrogen (secondary N) is 1. The highest BCUT2D eigenvalue weighted by Gasteiger charge is 2.17. The minimum atomic E-state index is 0.0552. The fraction of sp³-hybridized carbons (Fsp3) is 0.429. The van der Waals surface area contributed by atoms with Crippen LogP contribution in [0.1, 0.15) is 36.2 Å². The predicted octanol–water partition coefficient (Wildman–Crippen LogP) is 2.96. The summed E-state index contributed by atoms with van der Waals surface area (Å²) in [5.74, 6) is 0. The van der Waals surface area contributed by atoms with Gasteiger partial charge < -0.3 is 5.32 Å². The van der Waals surface area contributed by atoms with Gasteiger partial charge in [0, 0.05) is 11.6 Å². The van der Waals surface area contributed by atoms with Crippen molar-refractivity contribution < 1.29 is 0 Å². The highest BCUT2D eigenvalue weighted by atomic mass is 35.5. The van der Waals surface area contributed by atoms with Crippen molar-refractivity contribution in [2.45, 2.75) is 32.9 Å². The van der Waals surface area contributed by atoms with Crippen LogP contribution >= 0.6 is 11.6 Å². The molecule has 0 saturated heterocycles. The van der Waals surface area contributed by atoms with E-state index in [9.17, 15) is 0 Å². The van der Waals surface area contributed by atoms with Gasteiger partial charge in [-0.2, -0.15) is 0 Å². The molecular weight excluding hydrogens is 260 g/mol. The van der Waals surface area contributed by atoms with Gasteiger partial charge in [-0.05, 0) is 37.6 Å². The first-order valence-corrected chi connectivity index (χ1v) is 6.86. The summed E-state index contributed by atoms with van der Waals surface area (Å²) in [6.07, 6.45) is 2.84. The van der Waals surface area contributed by atoms with Crippen LogP contribution in [0.25, 0.3) is 0 Å². The van der Waals surface area contributed by atoms with Crippen molar-refractivity contribution in [3.8, 4) is 0 Å². The Hall–Kier alpha value is -1.39. The Labute approximate surface area is 118 Å². The summed E-state index contributed by atoms with van der Waals surface area (Å²) in [6, 6.07) is 6.18. The van der Waals surface area contributed by atoms with Crippen LogP contribution in [0.3, 0.4) is 0 Å². The molecule has 1 atom stereocenters. The van der Waals surface area contributed by atoms with Crippen LogP contribution in [0, 0.1) is 6.92 Å². The largest absolute Gasteiger partial charge is 0.308 e. The molecule has 1 aromatic heterocycles. The summed E-state index contributed by atoms with van der Waals surface area (Å²) in [5, 5.41) is 12.2. The van der Waals surface area contributed by atoms with Crippen LogP contribution in [0.5, 0.6) is 0 Å². The van der Waals surface area contributed by atoms with E-state index in [1.807, 2.05) is 37.0 Å². The minimum Gasteiger partial charge on any atom is -0.308 e. The summed E-state index contributed by atoms with van der Waals surface area (Å²) in [7, 11) is 1.93. The van der Waals surface area contributed by atoms with E-state index < -0.39 is 0 Å².